The van der Waals surface area contributed by atoms with Gasteiger partial charge >= 0.3 is 0 Å². The average molecular weight is 124 g/mol. The third-order valence-electron chi connectivity index (χ3n) is 1.89. The molecule has 1 aliphatic carbocycles. The molecule has 1 nitrogen and oxygen atoms in total. The van der Waals surface area contributed by atoms with Crippen LogP contribution in [0.25, 0.3) is 0 Å². The largest absolute Gasteiger partial charge is 0.295 e. The van der Waals surface area contributed by atoms with Crippen LogP contribution in [-0.2, 0) is 4.79 Å². The van der Waals surface area contributed by atoms with E-state index in [2.05, 4.69) is 13.8 Å². The molecule has 0 fully saturated rings. The zero-order chi connectivity index (χ0) is 6.85. The molecule has 1 heteroatoms. The predicted molar refractivity (Wildman–Crippen MR) is 37.2 cm³/mol. The molecule has 50 valence electrons. The summed E-state index contributed by atoms with van der Waals surface area (Å²) in [6, 6.07) is 0. The second kappa shape index (κ2) is 2.34. The van der Waals surface area contributed by atoms with E-state index in [1.165, 1.54) is 5.57 Å². The van der Waals surface area contributed by atoms with Gasteiger partial charge < -0.3 is 0 Å². The molecule has 0 spiro atoms. The Kier molecular flexibility index (Phi) is 1.70. The fourth-order valence-corrected chi connectivity index (χ4v) is 1.29. The molecule has 0 N–H and O–H groups in total. The van der Waals surface area contributed by atoms with E-state index in [-0.39, 0.29) is 0 Å². The van der Waals surface area contributed by atoms with Crippen LogP contribution >= 0.6 is 0 Å². The average Bonchev–Trinajstić information content (AvgIpc) is 2.10. The van der Waals surface area contributed by atoms with Gasteiger partial charge in [-0.2, -0.15) is 0 Å². The van der Waals surface area contributed by atoms with E-state index in [1.807, 2.05) is 0 Å². The summed E-state index contributed by atoms with van der Waals surface area (Å²) in [5.74, 6) is 0.821. The van der Waals surface area contributed by atoms with Gasteiger partial charge in [-0.1, -0.05) is 19.4 Å². The van der Waals surface area contributed by atoms with Gasteiger partial charge in [0.25, 0.3) is 0 Å². The van der Waals surface area contributed by atoms with Gasteiger partial charge in [0.2, 0.25) is 0 Å². The second-order valence-electron chi connectivity index (χ2n) is 2.64. The van der Waals surface area contributed by atoms with E-state index in [0.717, 1.165) is 12.8 Å². The first kappa shape index (κ1) is 6.53. The van der Waals surface area contributed by atoms with Crippen molar-refractivity contribution >= 4 is 5.78 Å². The molecule has 9 heavy (non-hydrogen) atoms. The number of hydrogen-bond donors (Lipinski definition) is 0. The highest BCUT2D eigenvalue weighted by Crippen LogP contribution is 2.24. The lowest BCUT2D eigenvalue weighted by Gasteiger charge is -2.02. The van der Waals surface area contributed by atoms with Crippen LogP contribution in [0.4, 0.5) is 0 Å². The summed E-state index contributed by atoms with van der Waals surface area (Å²) in [6.07, 6.45) is 3.57. The topological polar surface area (TPSA) is 17.1 Å². The minimum absolute atomic E-state index is 0.305. The number of ketones is 1. The van der Waals surface area contributed by atoms with Crippen LogP contribution in [-0.4, -0.2) is 5.78 Å². The van der Waals surface area contributed by atoms with Crippen molar-refractivity contribution in [3.63, 3.8) is 0 Å². The van der Waals surface area contributed by atoms with Crippen LogP contribution in [0.5, 0.6) is 0 Å². The molecule has 0 aromatic heterocycles. The number of hydrogen-bond acceptors (Lipinski definition) is 1. The van der Waals surface area contributed by atoms with Gasteiger partial charge in [0.05, 0.1) is 0 Å². The summed E-state index contributed by atoms with van der Waals surface area (Å²) < 4.78 is 0. The van der Waals surface area contributed by atoms with Crippen LogP contribution in [0.3, 0.4) is 0 Å². The zero-order valence-electron chi connectivity index (χ0n) is 5.98. The Morgan fingerprint density at radius 2 is 2.44 bits per heavy atom. The van der Waals surface area contributed by atoms with Gasteiger partial charge in [-0.25, -0.2) is 0 Å². The van der Waals surface area contributed by atoms with Crippen LogP contribution in [0, 0.1) is 5.92 Å². The lowest BCUT2D eigenvalue weighted by atomic mass is 10.0. The Balaban J connectivity index is 2.68. The first-order valence-corrected chi connectivity index (χ1v) is 3.47. The molecule has 0 radical (unpaired) electrons. The summed E-state index contributed by atoms with van der Waals surface area (Å²) in [6.45, 7) is 4.21. The third-order valence-corrected chi connectivity index (χ3v) is 1.89. The molecule has 0 aromatic carbocycles. The second-order valence-corrected chi connectivity index (χ2v) is 2.64. The highest BCUT2D eigenvalue weighted by Gasteiger charge is 2.18. The summed E-state index contributed by atoms with van der Waals surface area (Å²) in [5, 5.41) is 0. The lowest BCUT2D eigenvalue weighted by Crippen LogP contribution is -1.92. The zero-order valence-corrected chi connectivity index (χ0v) is 5.98. The van der Waals surface area contributed by atoms with Crippen molar-refractivity contribution in [1.29, 1.82) is 0 Å². The van der Waals surface area contributed by atoms with E-state index in [9.17, 15) is 4.79 Å². The van der Waals surface area contributed by atoms with Crippen molar-refractivity contribution in [1.82, 2.24) is 0 Å². The molecule has 0 amide bonds. The first-order valence-electron chi connectivity index (χ1n) is 3.47. The van der Waals surface area contributed by atoms with Gasteiger partial charge in [-0.05, 0) is 18.4 Å². The quantitative estimate of drug-likeness (QED) is 0.522. The smallest absolute Gasteiger partial charge is 0.156 e. The Bertz CT molecular complexity index is 156. The maximum Gasteiger partial charge on any atom is 0.156 e. The van der Waals surface area contributed by atoms with E-state index < -0.39 is 0 Å². The number of allylic oxidation sites excluding steroid dienone is 2. The van der Waals surface area contributed by atoms with Crippen molar-refractivity contribution in [2.24, 2.45) is 5.92 Å². The molecule has 1 atom stereocenters. The van der Waals surface area contributed by atoms with Gasteiger partial charge in [0, 0.05) is 6.42 Å². The van der Waals surface area contributed by atoms with Gasteiger partial charge in [-0.15, -0.1) is 0 Å². The van der Waals surface area contributed by atoms with Crippen LogP contribution in [0.1, 0.15) is 26.7 Å². The Labute approximate surface area is 55.8 Å². The van der Waals surface area contributed by atoms with Crippen molar-refractivity contribution < 1.29 is 4.79 Å². The molecule has 1 aliphatic rings. The van der Waals surface area contributed by atoms with E-state index in [0.29, 0.717) is 11.7 Å². The summed E-state index contributed by atoms with van der Waals surface area (Å²) in [4.78, 5) is 10.7. The molecule has 1 rings (SSSR count). The van der Waals surface area contributed by atoms with Crippen LogP contribution in [0.2, 0.25) is 0 Å². The summed E-state index contributed by atoms with van der Waals surface area (Å²) in [5.41, 5.74) is 1.32. The maximum atomic E-state index is 10.7. The number of rotatable bonds is 1. The molecule has 0 saturated carbocycles. The van der Waals surface area contributed by atoms with Crippen LogP contribution < -0.4 is 0 Å². The van der Waals surface area contributed by atoms with Crippen molar-refractivity contribution in [3.05, 3.63) is 11.6 Å². The minimum atomic E-state index is 0.305. The third kappa shape index (κ3) is 1.21. The fourth-order valence-electron chi connectivity index (χ4n) is 1.29. The van der Waals surface area contributed by atoms with Crippen molar-refractivity contribution in [3.8, 4) is 0 Å². The summed E-state index contributed by atoms with van der Waals surface area (Å²) >= 11 is 0. The number of carbonyl (C=O) groups is 1. The Morgan fingerprint density at radius 1 is 1.78 bits per heavy atom. The molecular formula is C8H12O. The Morgan fingerprint density at radius 3 is 2.67 bits per heavy atom. The molecule has 0 aromatic rings. The summed E-state index contributed by atoms with van der Waals surface area (Å²) in [7, 11) is 0. The van der Waals surface area contributed by atoms with E-state index in [1.54, 1.807) is 6.08 Å². The van der Waals surface area contributed by atoms with E-state index >= 15 is 0 Å². The van der Waals surface area contributed by atoms with Gasteiger partial charge in [0.1, 0.15) is 0 Å². The normalized spacial score (nSPS) is 26.7. The molecule has 0 aliphatic heterocycles. The minimum Gasteiger partial charge on any atom is -0.295 e. The molecule has 0 saturated heterocycles. The standard InChI is InChI=1S/C8H12O/c1-3-7-5-8(9)4-6(7)2/h5-6H,3-4H2,1-2H3. The monoisotopic (exact) mass is 124 g/mol. The first-order chi connectivity index (χ1) is 4.24. The Hall–Kier alpha value is -0.590. The maximum absolute atomic E-state index is 10.7. The molecule has 0 bridgehead atoms. The highest BCUT2D eigenvalue weighted by molar-refractivity contribution is 5.93. The SMILES string of the molecule is CCC1=CC(=O)CC1C. The van der Waals surface area contributed by atoms with E-state index in [4.69, 9.17) is 0 Å². The molecule has 0 heterocycles. The van der Waals surface area contributed by atoms with Crippen molar-refractivity contribution in [2.45, 2.75) is 26.7 Å². The number of carbonyl (C=O) groups excluding carboxylic acids is 1. The molecule has 1 unspecified atom stereocenters. The highest BCUT2D eigenvalue weighted by atomic mass is 16.1. The fraction of sp³-hybridized carbons (Fsp3) is 0.625. The lowest BCUT2D eigenvalue weighted by molar-refractivity contribution is -0.114. The van der Waals surface area contributed by atoms with Crippen LogP contribution in [0.15, 0.2) is 11.6 Å². The predicted octanol–water partition coefficient (Wildman–Crippen LogP) is 1.93. The van der Waals surface area contributed by atoms with Gasteiger partial charge in [-0.3, -0.25) is 4.79 Å². The molecular weight excluding hydrogens is 112 g/mol. The van der Waals surface area contributed by atoms with Crippen molar-refractivity contribution in [2.75, 3.05) is 0 Å². The van der Waals surface area contributed by atoms with Gasteiger partial charge in [0.15, 0.2) is 5.78 Å².